The van der Waals surface area contributed by atoms with Gasteiger partial charge in [-0.25, -0.2) is 5.43 Å². The Morgan fingerprint density at radius 1 is 1.10 bits per heavy atom. The zero-order chi connectivity index (χ0) is 22.0. The molecule has 7 heteroatoms. The van der Waals surface area contributed by atoms with E-state index in [0.717, 1.165) is 32.2 Å². The minimum absolute atomic E-state index is 0.280. The van der Waals surface area contributed by atoms with Crippen molar-refractivity contribution in [3.8, 4) is 0 Å². The van der Waals surface area contributed by atoms with Crippen molar-refractivity contribution in [3.63, 3.8) is 0 Å². The number of amides is 1. The van der Waals surface area contributed by atoms with Gasteiger partial charge in [0.25, 0.3) is 5.91 Å². The molecule has 0 unspecified atom stereocenters. The summed E-state index contributed by atoms with van der Waals surface area (Å²) in [6.45, 7) is 2.63. The Morgan fingerprint density at radius 2 is 1.84 bits per heavy atom. The van der Waals surface area contributed by atoms with Crippen LogP contribution in [-0.4, -0.2) is 16.7 Å². The van der Waals surface area contributed by atoms with Gasteiger partial charge < -0.3 is 4.57 Å². The van der Waals surface area contributed by atoms with Gasteiger partial charge in [-0.1, -0.05) is 59.6 Å². The number of halogens is 3. The predicted octanol–water partition coefficient (Wildman–Crippen LogP) is 6.83. The average molecular weight is 515 g/mol. The zero-order valence-corrected chi connectivity index (χ0v) is 19.7. The van der Waals surface area contributed by atoms with Crippen molar-refractivity contribution in [1.29, 1.82) is 0 Å². The van der Waals surface area contributed by atoms with Gasteiger partial charge in [-0.2, -0.15) is 5.10 Å². The molecule has 0 aliphatic heterocycles. The number of aromatic nitrogens is 1. The molecule has 0 fully saturated rings. The Bertz CT molecular complexity index is 1310. The molecular formula is C24H18BrCl2N3O. The Balaban J connectivity index is 1.66. The molecule has 1 aromatic heterocycles. The lowest BCUT2D eigenvalue weighted by Gasteiger charge is -2.10. The number of carbonyl (C=O) groups excluding carboxylic acids is 1. The van der Waals surface area contributed by atoms with E-state index in [-0.39, 0.29) is 5.91 Å². The average Bonchev–Trinajstić information content (AvgIpc) is 3.01. The number of rotatable bonds is 5. The number of fused-ring (bicyclic) bond motifs is 1. The maximum absolute atomic E-state index is 12.4. The molecule has 0 atom stereocenters. The molecule has 4 aromatic rings. The Labute approximate surface area is 198 Å². The van der Waals surface area contributed by atoms with E-state index in [1.54, 1.807) is 18.3 Å². The fourth-order valence-electron chi connectivity index (χ4n) is 3.51. The highest BCUT2D eigenvalue weighted by Crippen LogP contribution is 2.28. The molecule has 1 amide bonds. The van der Waals surface area contributed by atoms with Gasteiger partial charge in [0.2, 0.25) is 0 Å². The minimum Gasteiger partial charge on any atom is -0.340 e. The van der Waals surface area contributed by atoms with E-state index in [9.17, 15) is 4.79 Å². The Morgan fingerprint density at radius 3 is 2.61 bits per heavy atom. The molecule has 3 aromatic carbocycles. The third kappa shape index (κ3) is 4.54. The summed E-state index contributed by atoms with van der Waals surface area (Å²) >= 11 is 15.8. The van der Waals surface area contributed by atoms with Crippen LogP contribution >= 0.6 is 39.1 Å². The van der Waals surface area contributed by atoms with Crippen LogP contribution in [0, 0.1) is 6.92 Å². The van der Waals surface area contributed by atoms with Crippen LogP contribution in [0.5, 0.6) is 0 Å². The van der Waals surface area contributed by atoms with Crippen LogP contribution in [0.4, 0.5) is 0 Å². The summed E-state index contributed by atoms with van der Waals surface area (Å²) < 4.78 is 2.90. The van der Waals surface area contributed by atoms with Crippen molar-refractivity contribution in [2.24, 2.45) is 5.10 Å². The van der Waals surface area contributed by atoms with Crippen molar-refractivity contribution >= 4 is 62.2 Å². The molecule has 0 aliphatic carbocycles. The third-order valence-corrected chi connectivity index (χ3v) is 6.38. The van der Waals surface area contributed by atoms with E-state index in [2.05, 4.69) is 37.1 Å². The molecule has 0 saturated heterocycles. The minimum atomic E-state index is -0.280. The van der Waals surface area contributed by atoms with Gasteiger partial charge in [0.15, 0.2) is 0 Å². The molecule has 0 bridgehead atoms. The van der Waals surface area contributed by atoms with E-state index in [4.69, 9.17) is 23.2 Å². The number of hydrogen-bond donors (Lipinski definition) is 1. The lowest BCUT2D eigenvalue weighted by Crippen LogP contribution is -2.18. The van der Waals surface area contributed by atoms with Gasteiger partial charge in [-0.15, -0.1) is 0 Å². The predicted molar refractivity (Wildman–Crippen MR) is 131 cm³/mol. The molecule has 156 valence electrons. The first-order valence-electron chi connectivity index (χ1n) is 9.55. The molecule has 4 nitrogen and oxygen atoms in total. The summed E-state index contributed by atoms with van der Waals surface area (Å²) in [5.41, 5.74) is 7.12. The number of carbonyl (C=O) groups is 1. The lowest BCUT2D eigenvalue weighted by atomic mass is 10.1. The first kappa shape index (κ1) is 21.6. The largest absolute Gasteiger partial charge is 0.340 e. The van der Waals surface area contributed by atoms with E-state index in [1.807, 2.05) is 55.5 Å². The maximum Gasteiger partial charge on any atom is 0.272 e. The monoisotopic (exact) mass is 513 g/mol. The fraction of sp³-hybridized carbons (Fsp3) is 0.0833. The molecule has 1 N–H and O–H groups in total. The van der Waals surface area contributed by atoms with Gasteiger partial charge in [0.1, 0.15) is 0 Å². The second kappa shape index (κ2) is 9.27. The molecule has 0 radical (unpaired) electrons. The highest BCUT2D eigenvalue weighted by atomic mass is 79.9. The third-order valence-electron chi connectivity index (χ3n) is 5.10. The van der Waals surface area contributed by atoms with Crippen LogP contribution in [0.25, 0.3) is 10.9 Å². The van der Waals surface area contributed by atoms with Crippen LogP contribution in [0.2, 0.25) is 10.0 Å². The normalized spacial score (nSPS) is 11.4. The lowest BCUT2D eigenvalue weighted by molar-refractivity contribution is 0.0954. The second-order valence-electron chi connectivity index (χ2n) is 7.02. The van der Waals surface area contributed by atoms with Gasteiger partial charge in [-0.05, 0) is 58.7 Å². The highest BCUT2D eigenvalue weighted by molar-refractivity contribution is 9.10. The zero-order valence-electron chi connectivity index (χ0n) is 16.6. The Kier molecular flexibility index (Phi) is 6.46. The number of nitrogens with zero attached hydrogens (tertiary/aromatic N) is 2. The maximum atomic E-state index is 12.4. The number of hydrogen-bond acceptors (Lipinski definition) is 2. The molecule has 31 heavy (non-hydrogen) atoms. The van der Waals surface area contributed by atoms with Crippen LogP contribution in [0.1, 0.15) is 27.2 Å². The first-order valence-corrected chi connectivity index (χ1v) is 11.1. The molecule has 0 aliphatic rings. The molecule has 1 heterocycles. The quantitative estimate of drug-likeness (QED) is 0.230. The molecule has 4 rings (SSSR count). The smallest absolute Gasteiger partial charge is 0.272 e. The van der Waals surface area contributed by atoms with Gasteiger partial charge in [0.05, 0.1) is 11.8 Å². The number of benzene rings is 3. The fourth-order valence-corrected chi connectivity index (χ4v) is 4.44. The van der Waals surface area contributed by atoms with Gasteiger partial charge in [0, 0.05) is 43.2 Å². The van der Waals surface area contributed by atoms with Crippen molar-refractivity contribution in [2.45, 2.75) is 13.5 Å². The first-order chi connectivity index (χ1) is 15.0. The SMILES string of the molecule is Cc1c(/C=N/NC(=O)c2ccccc2Br)c2ccccc2n1Cc1ccc(Cl)cc1Cl. The summed E-state index contributed by atoms with van der Waals surface area (Å²) in [6, 6.07) is 20.8. The number of hydrazone groups is 1. The summed E-state index contributed by atoms with van der Waals surface area (Å²) in [5.74, 6) is -0.280. The number of nitrogens with one attached hydrogen (secondary N) is 1. The van der Waals surface area contributed by atoms with Crippen LogP contribution in [-0.2, 0) is 6.54 Å². The van der Waals surface area contributed by atoms with Crippen molar-refractivity contribution in [1.82, 2.24) is 9.99 Å². The number of para-hydroxylation sites is 1. The Hall–Kier alpha value is -2.60. The summed E-state index contributed by atoms with van der Waals surface area (Å²) in [6.07, 6.45) is 1.69. The van der Waals surface area contributed by atoms with Crippen molar-refractivity contribution in [3.05, 3.63) is 104 Å². The van der Waals surface area contributed by atoms with Crippen LogP contribution < -0.4 is 5.43 Å². The van der Waals surface area contributed by atoms with Crippen molar-refractivity contribution in [2.75, 3.05) is 0 Å². The summed E-state index contributed by atoms with van der Waals surface area (Å²) in [7, 11) is 0. The molecule has 0 spiro atoms. The van der Waals surface area contributed by atoms with E-state index in [0.29, 0.717) is 22.2 Å². The second-order valence-corrected chi connectivity index (χ2v) is 8.72. The highest BCUT2D eigenvalue weighted by Gasteiger charge is 2.14. The van der Waals surface area contributed by atoms with Crippen molar-refractivity contribution < 1.29 is 4.79 Å². The molecule has 0 saturated carbocycles. The topological polar surface area (TPSA) is 46.4 Å². The van der Waals surface area contributed by atoms with E-state index < -0.39 is 0 Å². The summed E-state index contributed by atoms with van der Waals surface area (Å²) in [4.78, 5) is 12.4. The van der Waals surface area contributed by atoms with Crippen LogP contribution in [0.3, 0.4) is 0 Å². The standard InChI is InChI=1S/C24H18BrCl2N3O/c1-15-20(13-28-29-24(31)19-7-2-4-8-21(19)25)18-6-3-5-9-23(18)30(15)14-16-10-11-17(26)12-22(16)27/h2-13H,14H2,1H3,(H,29,31)/b28-13+. The van der Waals surface area contributed by atoms with Gasteiger partial charge in [-0.3, -0.25) is 4.79 Å². The van der Waals surface area contributed by atoms with E-state index in [1.165, 1.54) is 0 Å². The summed E-state index contributed by atoms with van der Waals surface area (Å²) in [5, 5.41) is 6.50. The van der Waals surface area contributed by atoms with Crippen LogP contribution in [0.15, 0.2) is 76.3 Å². The van der Waals surface area contributed by atoms with E-state index >= 15 is 0 Å². The van der Waals surface area contributed by atoms with Gasteiger partial charge >= 0.3 is 0 Å². The molecular weight excluding hydrogens is 497 g/mol.